The number of para-hydroxylation sites is 2. The lowest BCUT2D eigenvalue weighted by molar-refractivity contribution is 0.0718. The van der Waals surface area contributed by atoms with Gasteiger partial charge in [-0.2, -0.15) is 0 Å². The number of aromatic nitrogens is 1. The first-order valence-corrected chi connectivity index (χ1v) is 10.2. The van der Waals surface area contributed by atoms with Crippen molar-refractivity contribution in [2.75, 3.05) is 33.3 Å². The summed E-state index contributed by atoms with van der Waals surface area (Å²) in [5, 5.41) is 1.07. The van der Waals surface area contributed by atoms with E-state index in [2.05, 4.69) is 4.98 Å². The molecule has 0 radical (unpaired) electrons. The zero-order valence-corrected chi connectivity index (χ0v) is 17.4. The van der Waals surface area contributed by atoms with Gasteiger partial charge in [0.25, 0.3) is 11.8 Å². The summed E-state index contributed by atoms with van der Waals surface area (Å²) >= 11 is 6.15. The number of carbonyl (C=O) groups is 2. The van der Waals surface area contributed by atoms with Crippen LogP contribution in [0.2, 0.25) is 5.15 Å². The fourth-order valence-electron chi connectivity index (χ4n) is 3.81. The van der Waals surface area contributed by atoms with Crippen molar-refractivity contribution in [3.63, 3.8) is 0 Å². The monoisotopic (exact) mass is 423 g/mol. The van der Waals surface area contributed by atoms with Gasteiger partial charge in [0.15, 0.2) is 0 Å². The summed E-state index contributed by atoms with van der Waals surface area (Å²) in [5.74, 6) is 0.374. The van der Waals surface area contributed by atoms with Crippen molar-refractivity contribution in [1.82, 2.24) is 14.8 Å². The Balaban J connectivity index is 1.54. The smallest absolute Gasteiger partial charge is 0.257 e. The van der Waals surface area contributed by atoms with Crippen LogP contribution in [0.25, 0.3) is 10.9 Å². The first-order chi connectivity index (χ1) is 14.6. The molecule has 4 rings (SSSR count). The van der Waals surface area contributed by atoms with Crippen molar-refractivity contribution >= 4 is 34.3 Å². The molecular formula is C23H22ClN3O3. The topological polar surface area (TPSA) is 62.7 Å². The van der Waals surface area contributed by atoms with Crippen molar-refractivity contribution < 1.29 is 14.3 Å². The van der Waals surface area contributed by atoms with Crippen LogP contribution in [0.15, 0.2) is 54.6 Å². The molecule has 30 heavy (non-hydrogen) atoms. The molecule has 0 aliphatic carbocycles. The number of carbonyl (C=O) groups excluding carboxylic acids is 2. The third-order valence-corrected chi connectivity index (χ3v) is 5.52. The predicted octanol–water partition coefficient (Wildman–Crippen LogP) is 3.89. The SMILES string of the molecule is COc1ccccc1C(=O)N1CCCN(C(=O)c2cc(Cl)nc3ccccc23)CC1. The fraction of sp³-hybridized carbons (Fsp3) is 0.261. The molecule has 0 spiro atoms. The number of benzene rings is 2. The summed E-state index contributed by atoms with van der Waals surface area (Å²) < 4.78 is 5.33. The highest BCUT2D eigenvalue weighted by Crippen LogP contribution is 2.24. The quantitative estimate of drug-likeness (QED) is 0.600. The number of amides is 2. The van der Waals surface area contributed by atoms with E-state index in [1.54, 1.807) is 35.1 Å². The Bertz CT molecular complexity index is 1100. The minimum atomic E-state index is -0.0953. The van der Waals surface area contributed by atoms with Crippen molar-refractivity contribution in [3.05, 3.63) is 70.9 Å². The molecule has 1 saturated heterocycles. The van der Waals surface area contributed by atoms with Crippen LogP contribution in [0, 0.1) is 0 Å². The summed E-state index contributed by atoms with van der Waals surface area (Å²) in [6.45, 7) is 2.06. The van der Waals surface area contributed by atoms with E-state index in [9.17, 15) is 9.59 Å². The second-order valence-electron chi connectivity index (χ2n) is 7.15. The van der Waals surface area contributed by atoms with Crippen LogP contribution in [0.5, 0.6) is 5.75 Å². The van der Waals surface area contributed by atoms with Crippen molar-refractivity contribution in [1.29, 1.82) is 0 Å². The molecule has 1 fully saturated rings. The van der Waals surface area contributed by atoms with Crippen molar-refractivity contribution in [2.24, 2.45) is 0 Å². The molecule has 1 aliphatic heterocycles. The highest BCUT2D eigenvalue weighted by atomic mass is 35.5. The highest BCUT2D eigenvalue weighted by molar-refractivity contribution is 6.30. The minimum absolute atomic E-state index is 0.0841. The Kier molecular flexibility index (Phi) is 5.86. The van der Waals surface area contributed by atoms with Gasteiger partial charge < -0.3 is 14.5 Å². The van der Waals surface area contributed by atoms with Gasteiger partial charge in [-0.25, -0.2) is 4.98 Å². The molecule has 1 aromatic heterocycles. The molecule has 1 aliphatic rings. The third kappa shape index (κ3) is 3.96. The Hall–Kier alpha value is -3.12. The van der Waals surface area contributed by atoms with Crippen LogP contribution in [0.1, 0.15) is 27.1 Å². The van der Waals surface area contributed by atoms with E-state index in [4.69, 9.17) is 16.3 Å². The molecule has 154 valence electrons. The zero-order chi connectivity index (χ0) is 21.1. The number of rotatable bonds is 3. The van der Waals surface area contributed by atoms with Gasteiger partial charge in [0.05, 0.1) is 23.8 Å². The van der Waals surface area contributed by atoms with Crippen molar-refractivity contribution in [2.45, 2.75) is 6.42 Å². The molecule has 2 aromatic carbocycles. The number of fused-ring (bicyclic) bond motifs is 1. The fourth-order valence-corrected chi connectivity index (χ4v) is 4.01. The Morgan fingerprint density at radius 2 is 1.53 bits per heavy atom. The van der Waals surface area contributed by atoms with E-state index in [1.165, 1.54) is 0 Å². The van der Waals surface area contributed by atoms with Crippen LogP contribution in [0.3, 0.4) is 0 Å². The molecule has 6 nitrogen and oxygen atoms in total. The summed E-state index contributed by atoms with van der Waals surface area (Å²) in [4.78, 5) is 34.2. The van der Waals surface area contributed by atoms with Crippen molar-refractivity contribution in [3.8, 4) is 5.75 Å². The van der Waals surface area contributed by atoms with E-state index in [-0.39, 0.29) is 11.8 Å². The van der Waals surface area contributed by atoms with Gasteiger partial charge in [0.1, 0.15) is 10.9 Å². The number of nitrogens with zero attached hydrogens (tertiary/aromatic N) is 3. The molecule has 0 unspecified atom stereocenters. The first-order valence-electron chi connectivity index (χ1n) is 9.85. The number of halogens is 1. The van der Waals surface area contributed by atoms with Gasteiger partial charge in [-0.15, -0.1) is 0 Å². The minimum Gasteiger partial charge on any atom is -0.496 e. The Labute approximate surface area is 180 Å². The number of pyridine rings is 1. The van der Waals surface area contributed by atoms with E-state index >= 15 is 0 Å². The third-order valence-electron chi connectivity index (χ3n) is 5.32. The normalized spacial score (nSPS) is 14.5. The van der Waals surface area contributed by atoms with E-state index in [0.29, 0.717) is 60.1 Å². The standard InChI is InChI=1S/C23H22ClN3O3/c1-30-20-10-5-3-8-17(20)22(28)26-11-6-12-27(14-13-26)23(29)18-15-21(24)25-19-9-4-2-7-16(18)19/h2-5,7-10,15H,6,11-14H2,1H3. The maximum Gasteiger partial charge on any atom is 0.257 e. The molecule has 0 bridgehead atoms. The molecule has 0 N–H and O–H groups in total. The summed E-state index contributed by atoms with van der Waals surface area (Å²) in [6, 6.07) is 16.3. The average molecular weight is 424 g/mol. The van der Waals surface area contributed by atoms with Gasteiger partial charge in [0.2, 0.25) is 0 Å². The lowest BCUT2D eigenvalue weighted by Crippen LogP contribution is -2.37. The van der Waals surface area contributed by atoms with E-state index in [1.807, 2.05) is 36.4 Å². The van der Waals surface area contributed by atoms with Gasteiger partial charge >= 0.3 is 0 Å². The average Bonchev–Trinajstić information content (AvgIpc) is 3.04. The number of hydrogen-bond donors (Lipinski definition) is 0. The second-order valence-corrected chi connectivity index (χ2v) is 7.54. The van der Waals surface area contributed by atoms with Crippen LogP contribution >= 0.6 is 11.6 Å². The Morgan fingerprint density at radius 1 is 0.900 bits per heavy atom. The van der Waals surface area contributed by atoms with Crippen LogP contribution in [-0.4, -0.2) is 59.9 Å². The summed E-state index contributed by atoms with van der Waals surface area (Å²) in [6.07, 6.45) is 0.698. The summed E-state index contributed by atoms with van der Waals surface area (Å²) in [7, 11) is 1.55. The maximum atomic E-state index is 13.3. The molecule has 2 heterocycles. The lowest BCUT2D eigenvalue weighted by Gasteiger charge is -2.23. The lowest BCUT2D eigenvalue weighted by atomic mass is 10.1. The maximum absolute atomic E-state index is 13.3. The van der Waals surface area contributed by atoms with Crippen LogP contribution in [0.4, 0.5) is 0 Å². The molecule has 7 heteroatoms. The molecule has 2 amide bonds. The Morgan fingerprint density at radius 3 is 2.27 bits per heavy atom. The van der Waals surface area contributed by atoms with Gasteiger partial charge in [0, 0.05) is 31.6 Å². The predicted molar refractivity (Wildman–Crippen MR) is 116 cm³/mol. The van der Waals surface area contributed by atoms with E-state index < -0.39 is 0 Å². The van der Waals surface area contributed by atoms with Crippen LogP contribution < -0.4 is 4.74 Å². The first kappa shape index (κ1) is 20.2. The number of methoxy groups -OCH3 is 1. The number of hydrogen-bond acceptors (Lipinski definition) is 4. The van der Waals surface area contributed by atoms with Gasteiger partial charge in [-0.1, -0.05) is 41.9 Å². The molecule has 0 atom stereocenters. The van der Waals surface area contributed by atoms with Gasteiger partial charge in [-0.05, 0) is 30.7 Å². The second kappa shape index (κ2) is 8.71. The molecule has 3 aromatic rings. The largest absolute Gasteiger partial charge is 0.496 e. The molecular weight excluding hydrogens is 402 g/mol. The zero-order valence-electron chi connectivity index (χ0n) is 16.7. The summed E-state index contributed by atoms with van der Waals surface area (Å²) in [5.41, 5.74) is 1.76. The van der Waals surface area contributed by atoms with E-state index in [0.717, 1.165) is 5.39 Å². The highest BCUT2D eigenvalue weighted by Gasteiger charge is 2.26. The molecule has 0 saturated carbocycles. The van der Waals surface area contributed by atoms with Gasteiger partial charge in [-0.3, -0.25) is 9.59 Å². The van der Waals surface area contributed by atoms with Crippen LogP contribution in [-0.2, 0) is 0 Å². The number of ether oxygens (including phenoxy) is 1.